The number of halogens is 1. The number of carboxylic acid groups (broad SMARTS) is 1. The van der Waals surface area contributed by atoms with E-state index in [2.05, 4.69) is 25.7 Å². The predicted molar refractivity (Wildman–Crippen MR) is 143 cm³/mol. The lowest BCUT2D eigenvalue weighted by Crippen LogP contribution is -2.46. The minimum Gasteiger partial charge on any atom is -0.467 e. The number of carbonyl (C=O) groups is 3. The van der Waals surface area contributed by atoms with Gasteiger partial charge in [0.15, 0.2) is 0 Å². The van der Waals surface area contributed by atoms with E-state index in [1.54, 1.807) is 6.92 Å². The zero-order valence-electron chi connectivity index (χ0n) is 20.8. The van der Waals surface area contributed by atoms with Gasteiger partial charge in [-0.1, -0.05) is 41.9 Å². The largest absolute Gasteiger partial charge is 0.467 e. The molecule has 39 heavy (non-hydrogen) atoms. The number of nitrogens with zero attached hydrogens (tertiary/aromatic N) is 3. The van der Waals surface area contributed by atoms with Crippen molar-refractivity contribution < 1.29 is 24.2 Å². The van der Waals surface area contributed by atoms with Gasteiger partial charge in [-0.15, -0.1) is 0 Å². The van der Waals surface area contributed by atoms with Crippen molar-refractivity contribution in [3.8, 4) is 6.01 Å². The number of carbonyl (C=O) groups excluding carboxylic acids is 2. The number of pyridine rings is 1. The Balaban J connectivity index is 1.52. The van der Waals surface area contributed by atoms with Gasteiger partial charge in [-0.05, 0) is 43.2 Å². The Bertz CT molecular complexity index is 1630. The molecule has 12 nitrogen and oxygen atoms in total. The molecule has 4 aromatic rings. The second-order valence-corrected chi connectivity index (χ2v) is 8.74. The lowest BCUT2D eigenvalue weighted by Gasteiger charge is -2.20. The van der Waals surface area contributed by atoms with Crippen LogP contribution in [0.2, 0.25) is 5.02 Å². The smallest absolute Gasteiger partial charge is 0.426 e. The van der Waals surface area contributed by atoms with Gasteiger partial charge in [-0.3, -0.25) is 19.8 Å². The van der Waals surface area contributed by atoms with Gasteiger partial charge in [0.1, 0.15) is 11.2 Å². The monoisotopic (exact) mass is 550 g/mol. The van der Waals surface area contributed by atoms with Crippen molar-refractivity contribution in [2.75, 3.05) is 19.0 Å². The molecule has 0 bridgehead atoms. The third-order valence-corrected chi connectivity index (χ3v) is 6.05. The average molecular weight is 551 g/mol. The molecule has 0 atom stereocenters. The molecule has 0 aliphatic heterocycles. The van der Waals surface area contributed by atoms with Crippen molar-refractivity contribution in [3.63, 3.8) is 0 Å². The molecule has 200 valence electrons. The van der Waals surface area contributed by atoms with Crippen LogP contribution in [-0.2, 0) is 6.42 Å². The molecule has 13 heteroatoms. The fourth-order valence-electron chi connectivity index (χ4n) is 3.69. The van der Waals surface area contributed by atoms with Crippen LogP contribution >= 0.6 is 11.6 Å². The highest BCUT2D eigenvalue weighted by Crippen LogP contribution is 2.24. The normalized spacial score (nSPS) is 10.6. The van der Waals surface area contributed by atoms with Crippen LogP contribution in [0.15, 0.2) is 59.4 Å². The fraction of sp³-hybridized carbons (Fsp3) is 0.154. The zero-order chi connectivity index (χ0) is 28.1. The van der Waals surface area contributed by atoms with E-state index in [0.717, 1.165) is 10.6 Å². The molecule has 0 unspecified atom stereocenters. The third kappa shape index (κ3) is 6.30. The van der Waals surface area contributed by atoms with Crippen LogP contribution in [-0.4, -0.2) is 56.6 Å². The molecule has 0 aliphatic carbocycles. The Morgan fingerprint density at radius 3 is 2.51 bits per heavy atom. The van der Waals surface area contributed by atoms with E-state index in [9.17, 15) is 24.3 Å². The fourth-order valence-corrected chi connectivity index (χ4v) is 3.86. The first kappa shape index (κ1) is 27.1. The number of hydrogen-bond donors (Lipinski definition) is 4. The lowest BCUT2D eigenvalue weighted by atomic mass is 10.1. The summed E-state index contributed by atoms with van der Waals surface area (Å²) in [7, 11) is 1.39. The van der Waals surface area contributed by atoms with E-state index in [0.29, 0.717) is 17.5 Å². The number of aryl methyl sites for hydroxylation is 1. The summed E-state index contributed by atoms with van der Waals surface area (Å²) >= 11 is 6.23. The molecule has 4 N–H and O–H groups in total. The highest BCUT2D eigenvalue weighted by atomic mass is 35.5. The topological polar surface area (TPSA) is 167 Å². The molecule has 0 radical (unpaired) electrons. The summed E-state index contributed by atoms with van der Waals surface area (Å²) < 4.78 is 5.01. The maximum absolute atomic E-state index is 13.0. The first-order valence-electron chi connectivity index (χ1n) is 11.6. The van der Waals surface area contributed by atoms with Crippen LogP contribution in [0.4, 0.5) is 10.5 Å². The van der Waals surface area contributed by atoms with E-state index in [1.807, 2.05) is 30.3 Å². The van der Waals surface area contributed by atoms with Crippen LogP contribution in [0.5, 0.6) is 6.01 Å². The van der Waals surface area contributed by atoms with E-state index < -0.39 is 23.5 Å². The molecule has 4 rings (SSSR count). The minimum absolute atomic E-state index is 0.0159. The summed E-state index contributed by atoms with van der Waals surface area (Å²) in [6, 6.07) is 14.7. The Kier molecular flexibility index (Phi) is 8.06. The molecular weight excluding hydrogens is 528 g/mol. The van der Waals surface area contributed by atoms with Gasteiger partial charge >= 0.3 is 12.1 Å². The standard InChI is InChI=1S/C26H23ClN6O6/c1-14-17-13-18(24(36)30-21(17)31-25(28-14)39-2)23(35)29-20-12-16(8-9-19(20)27)22(34)32-33(26(37)38)11-10-15-6-4-3-5-7-15/h3-9,12-13H,10-11H2,1-2H3,(H,29,35)(H,32,34)(H,37,38)(H,28,30,31,36). The number of hydrogen-bond acceptors (Lipinski definition) is 7. The van der Waals surface area contributed by atoms with Gasteiger partial charge in [-0.2, -0.15) is 9.97 Å². The van der Waals surface area contributed by atoms with E-state index in [-0.39, 0.29) is 40.0 Å². The number of H-pyrrole nitrogens is 1. The van der Waals surface area contributed by atoms with Crippen molar-refractivity contribution in [1.82, 2.24) is 25.4 Å². The average Bonchev–Trinajstić information content (AvgIpc) is 2.91. The van der Waals surface area contributed by atoms with Crippen molar-refractivity contribution in [2.24, 2.45) is 0 Å². The van der Waals surface area contributed by atoms with E-state index in [4.69, 9.17) is 16.3 Å². The van der Waals surface area contributed by atoms with E-state index in [1.165, 1.54) is 31.4 Å². The first-order chi connectivity index (χ1) is 18.7. The number of hydrazine groups is 1. The third-order valence-electron chi connectivity index (χ3n) is 5.72. The highest BCUT2D eigenvalue weighted by molar-refractivity contribution is 6.34. The SMILES string of the molecule is COc1nc(C)c2cc(C(=O)Nc3cc(C(=O)NN(CCc4ccccc4)C(=O)O)ccc3Cl)c(=O)[nH]c2n1. The van der Waals surface area contributed by atoms with Crippen LogP contribution in [0.3, 0.4) is 0 Å². The van der Waals surface area contributed by atoms with Gasteiger partial charge in [-0.25, -0.2) is 9.80 Å². The van der Waals surface area contributed by atoms with Gasteiger partial charge in [0.05, 0.1) is 23.5 Å². The number of amides is 3. The summed E-state index contributed by atoms with van der Waals surface area (Å²) in [5, 5.41) is 13.4. The van der Waals surface area contributed by atoms with E-state index >= 15 is 0 Å². The number of nitrogens with one attached hydrogen (secondary N) is 3. The van der Waals surface area contributed by atoms with Crippen LogP contribution in [0.1, 0.15) is 32.0 Å². The van der Waals surface area contributed by atoms with Crippen molar-refractivity contribution >= 4 is 46.2 Å². The lowest BCUT2D eigenvalue weighted by molar-refractivity contribution is 0.0757. The molecule has 0 spiro atoms. The second kappa shape index (κ2) is 11.6. The van der Waals surface area contributed by atoms with Crippen molar-refractivity contribution in [2.45, 2.75) is 13.3 Å². The number of benzene rings is 2. The number of ether oxygens (including phenoxy) is 1. The van der Waals surface area contributed by atoms with Crippen LogP contribution in [0, 0.1) is 6.92 Å². The summed E-state index contributed by atoms with van der Waals surface area (Å²) in [6.07, 6.45) is -0.957. The van der Waals surface area contributed by atoms with Gasteiger partial charge in [0, 0.05) is 17.5 Å². The molecule has 0 fully saturated rings. The molecular formula is C26H23ClN6O6. The zero-order valence-corrected chi connectivity index (χ0v) is 21.6. The molecule has 0 saturated carbocycles. The number of aromatic amines is 1. The van der Waals surface area contributed by atoms with Crippen LogP contribution in [0.25, 0.3) is 11.0 Å². The second-order valence-electron chi connectivity index (χ2n) is 8.33. The molecule has 2 aromatic carbocycles. The molecule has 2 heterocycles. The molecule has 3 amide bonds. The number of aromatic nitrogens is 3. The Morgan fingerprint density at radius 2 is 1.82 bits per heavy atom. The van der Waals surface area contributed by atoms with Crippen LogP contribution < -0.4 is 21.0 Å². The summed E-state index contributed by atoms with van der Waals surface area (Å²) in [6.45, 7) is 1.69. The number of rotatable bonds is 7. The molecule has 0 saturated heterocycles. The van der Waals surface area contributed by atoms with Crippen molar-refractivity contribution in [3.05, 3.63) is 92.4 Å². The summed E-state index contributed by atoms with van der Waals surface area (Å²) in [5.41, 5.74) is 3.06. The predicted octanol–water partition coefficient (Wildman–Crippen LogP) is 3.41. The Morgan fingerprint density at radius 1 is 1.08 bits per heavy atom. The maximum atomic E-state index is 13.0. The number of methoxy groups -OCH3 is 1. The number of anilines is 1. The quantitative estimate of drug-likeness (QED) is 0.254. The highest BCUT2D eigenvalue weighted by Gasteiger charge is 2.20. The number of fused-ring (bicyclic) bond motifs is 1. The summed E-state index contributed by atoms with van der Waals surface area (Å²) in [5.74, 6) is -1.52. The van der Waals surface area contributed by atoms with Crippen molar-refractivity contribution in [1.29, 1.82) is 0 Å². The summed E-state index contributed by atoms with van der Waals surface area (Å²) in [4.78, 5) is 60.9. The Hall–Kier alpha value is -4.97. The first-order valence-corrected chi connectivity index (χ1v) is 12.0. The molecule has 0 aliphatic rings. The van der Waals surface area contributed by atoms with Gasteiger partial charge in [0.25, 0.3) is 17.4 Å². The molecule has 2 aromatic heterocycles. The van der Waals surface area contributed by atoms with Gasteiger partial charge < -0.3 is 20.1 Å². The minimum atomic E-state index is -1.34. The van der Waals surface area contributed by atoms with Gasteiger partial charge in [0.2, 0.25) is 0 Å². The maximum Gasteiger partial charge on any atom is 0.426 e. The Labute approximate surface area is 226 Å².